The maximum absolute atomic E-state index is 12.5. The van der Waals surface area contributed by atoms with E-state index in [1.54, 1.807) is 12.1 Å². The molecule has 1 aromatic heterocycles. The maximum Gasteiger partial charge on any atom is 0.196 e. The van der Waals surface area contributed by atoms with E-state index in [9.17, 15) is 4.79 Å². The van der Waals surface area contributed by atoms with Gasteiger partial charge in [0.2, 0.25) is 0 Å². The minimum absolute atomic E-state index is 0.0435. The summed E-state index contributed by atoms with van der Waals surface area (Å²) in [5.74, 6) is 0.696. The van der Waals surface area contributed by atoms with E-state index in [4.69, 9.17) is 9.15 Å². The van der Waals surface area contributed by atoms with E-state index in [1.165, 1.54) is 6.26 Å². The summed E-state index contributed by atoms with van der Waals surface area (Å²) in [5, 5.41) is 0.782. The van der Waals surface area contributed by atoms with Gasteiger partial charge >= 0.3 is 0 Å². The molecular formula is C17H14O3. The number of fused-ring (bicyclic) bond motifs is 1. The third kappa shape index (κ3) is 2.18. The predicted octanol–water partition coefficient (Wildman–Crippen LogP) is 4.06. The molecule has 100 valence electrons. The number of furan rings is 1. The van der Waals surface area contributed by atoms with Crippen LogP contribution in [0.2, 0.25) is 0 Å². The van der Waals surface area contributed by atoms with Gasteiger partial charge in [0.1, 0.15) is 17.6 Å². The molecule has 1 heterocycles. The van der Waals surface area contributed by atoms with E-state index >= 15 is 0 Å². The quantitative estimate of drug-likeness (QED) is 0.668. The number of ether oxygens (including phenoxy) is 1. The Morgan fingerprint density at radius 3 is 2.70 bits per heavy atom. The molecular weight excluding hydrogens is 252 g/mol. The van der Waals surface area contributed by atoms with Crippen molar-refractivity contribution in [2.45, 2.75) is 6.92 Å². The topological polar surface area (TPSA) is 39.4 Å². The van der Waals surface area contributed by atoms with Crippen molar-refractivity contribution in [2.75, 3.05) is 6.61 Å². The van der Waals surface area contributed by atoms with Crippen LogP contribution >= 0.6 is 0 Å². The van der Waals surface area contributed by atoms with Crippen molar-refractivity contribution in [3.8, 4) is 5.75 Å². The summed E-state index contributed by atoms with van der Waals surface area (Å²) in [4.78, 5) is 12.5. The molecule has 0 saturated carbocycles. The molecule has 3 aromatic rings. The van der Waals surface area contributed by atoms with Gasteiger partial charge in [0.25, 0.3) is 0 Å². The zero-order chi connectivity index (χ0) is 13.9. The van der Waals surface area contributed by atoms with Crippen LogP contribution in [-0.4, -0.2) is 12.4 Å². The summed E-state index contributed by atoms with van der Waals surface area (Å²) in [6, 6.07) is 14.7. The Balaban J connectivity index is 2.07. The first-order chi connectivity index (χ1) is 9.79. The molecule has 0 aliphatic heterocycles. The molecule has 0 amide bonds. The number of carbonyl (C=O) groups excluding carboxylic acids is 1. The van der Waals surface area contributed by atoms with Crippen LogP contribution in [0.1, 0.15) is 22.8 Å². The number of hydrogen-bond donors (Lipinski definition) is 0. The summed E-state index contributed by atoms with van der Waals surface area (Å²) in [6.07, 6.45) is 1.51. The van der Waals surface area contributed by atoms with Gasteiger partial charge in [-0.2, -0.15) is 0 Å². The molecule has 20 heavy (non-hydrogen) atoms. The Morgan fingerprint density at radius 2 is 1.95 bits per heavy atom. The Labute approximate surface area is 116 Å². The van der Waals surface area contributed by atoms with Gasteiger partial charge in [-0.25, -0.2) is 0 Å². The molecule has 0 atom stereocenters. The lowest BCUT2D eigenvalue weighted by Crippen LogP contribution is -1.99. The largest absolute Gasteiger partial charge is 0.494 e. The van der Waals surface area contributed by atoms with Crippen molar-refractivity contribution in [3.63, 3.8) is 0 Å². The van der Waals surface area contributed by atoms with Crippen molar-refractivity contribution < 1.29 is 13.9 Å². The smallest absolute Gasteiger partial charge is 0.196 e. The molecule has 0 bridgehead atoms. The summed E-state index contributed by atoms with van der Waals surface area (Å²) in [5.41, 5.74) is 1.90. The third-order valence-corrected chi connectivity index (χ3v) is 3.14. The van der Waals surface area contributed by atoms with Crippen molar-refractivity contribution in [1.29, 1.82) is 0 Å². The van der Waals surface area contributed by atoms with Gasteiger partial charge in [-0.3, -0.25) is 4.79 Å². The Hall–Kier alpha value is -2.55. The molecule has 0 aliphatic carbocycles. The lowest BCUT2D eigenvalue weighted by atomic mass is 10.0. The van der Waals surface area contributed by atoms with Gasteiger partial charge < -0.3 is 9.15 Å². The molecule has 0 spiro atoms. The number of benzene rings is 2. The third-order valence-electron chi connectivity index (χ3n) is 3.14. The van der Waals surface area contributed by atoms with E-state index in [0.29, 0.717) is 23.3 Å². The number of hydrogen-bond acceptors (Lipinski definition) is 3. The Bertz CT molecular complexity index is 741. The van der Waals surface area contributed by atoms with Crippen LogP contribution < -0.4 is 4.74 Å². The Morgan fingerprint density at radius 1 is 1.15 bits per heavy atom. The lowest BCUT2D eigenvalue weighted by molar-refractivity contribution is 0.103. The molecule has 0 unspecified atom stereocenters. The molecule has 0 N–H and O–H groups in total. The van der Waals surface area contributed by atoms with Crippen LogP contribution in [0.4, 0.5) is 0 Å². The maximum atomic E-state index is 12.5. The van der Waals surface area contributed by atoms with Crippen molar-refractivity contribution in [3.05, 3.63) is 65.9 Å². The van der Waals surface area contributed by atoms with Crippen molar-refractivity contribution in [2.24, 2.45) is 0 Å². The second-order valence-electron chi connectivity index (χ2n) is 4.44. The van der Waals surface area contributed by atoms with Crippen molar-refractivity contribution in [1.82, 2.24) is 0 Å². The molecule has 3 nitrogen and oxygen atoms in total. The molecule has 3 heteroatoms. The van der Waals surface area contributed by atoms with E-state index in [0.717, 1.165) is 11.1 Å². The molecule has 0 saturated heterocycles. The minimum Gasteiger partial charge on any atom is -0.494 e. The van der Waals surface area contributed by atoms with E-state index in [1.807, 2.05) is 43.3 Å². The fourth-order valence-electron chi connectivity index (χ4n) is 2.19. The second kappa shape index (κ2) is 5.21. The number of rotatable bonds is 4. The average Bonchev–Trinajstić information content (AvgIpc) is 2.91. The Kier molecular flexibility index (Phi) is 3.25. The molecule has 3 rings (SSSR count). The molecule has 2 aromatic carbocycles. The average molecular weight is 266 g/mol. The van der Waals surface area contributed by atoms with Gasteiger partial charge in [0.15, 0.2) is 5.78 Å². The summed E-state index contributed by atoms with van der Waals surface area (Å²) in [6.45, 7) is 2.51. The van der Waals surface area contributed by atoms with Gasteiger partial charge in [0, 0.05) is 10.9 Å². The van der Waals surface area contributed by atoms with Crippen LogP contribution in [-0.2, 0) is 0 Å². The predicted molar refractivity (Wildman–Crippen MR) is 77.3 cm³/mol. The molecule has 0 fully saturated rings. The summed E-state index contributed by atoms with van der Waals surface area (Å²) in [7, 11) is 0. The summed E-state index contributed by atoms with van der Waals surface area (Å²) < 4.78 is 10.9. The van der Waals surface area contributed by atoms with Crippen LogP contribution in [0.25, 0.3) is 11.0 Å². The molecule has 0 aliphatic rings. The van der Waals surface area contributed by atoms with Gasteiger partial charge in [-0.05, 0) is 25.1 Å². The lowest BCUT2D eigenvalue weighted by Gasteiger charge is -2.03. The highest BCUT2D eigenvalue weighted by Crippen LogP contribution is 2.27. The number of carbonyl (C=O) groups is 1. The van der Waals surface area contributed by atoms with Crippen LogP contribution in [0, 0.1) is 0 Å². The normalized spacial score (nSPS) is 10.7. The SMILES string of the molecule is CCOc1ccc2occ(C(=O)c3ccccc3)c2c1. The van der Waals surface area contributed by atoms with Gasteiger partial charge in [-0.1, -0.05) is 30.3 Å². The van der Waals surface area contributed by atoms with Crippen molar-refractivity contribution >= 4 is 16.8 Å². The second-order valence-corrected chi connectivity index (χ2v) is 4.44. The first-order valence-corrected chi connectivity index (χ1v) is 6.53. The van der Waals surface area contributed by atoms with E-state index in [-0.39, 0.29) is 5.78 Å². The van der Waals surface area contributed by atoms with Crippen LogP contribution in [0.3, 0.4) is 0 Å². The van der Waals surface area contributed by atoms with Crippen LogP contribution in [0.5, 0.6) is 5.75 Å². The highest BCUT2D eigenvalue weighted by atomic mass is 16.5. The van der Waals surface area contributed by atoms with Crippen LogP contribution in [0.15, 0.2) is 59.2 Å². The zero-order valence-corrected chi connectivity index (χ0v) is 11.1. The summed E-state index contributed by atoms with van der Waals surface area (Å²) >= 11 is 0. The van der Waals surface area contributed by atoms with Gasteiger partial charge in [-0.15, -0.1) is 0 Å². The van der Waals surface area contributed by atoms with E-state index < -0.39 is 0 Å². The minimum atomic E-state index is -0.0435. The first-order valence-electron chi connectivity index (χ1n) is 6.53. The highest BCUT2D eigenvalue weighted by Gasteiger charge is 2.16. The number of ketones is 1. The molecule has 0 radical (unpaired) electrons. The highest BCUT2D eigenvalue weighted by molar-refractivity contribution is 6.15. The first kappa shape index (κ1) is 12.5. The zero-order valence-electron chi connectivity index (χ0n) is 11.1. The standard InChI is InChI=1S/C17H14O3/c1-2-19-13-8-9-16-14(10-13)15(11-20-16)17(18)12-6-4-3-5-7-12/h3-11H,2H2,1H3. The monoisotopic (exact) mass is 266 g/mol. The fourth-order valence-corrected chi connectivity index (χ4v) is 2.19. The van der Waals surface area contributed by atoms with E-state index in [2.05, 4.69) is 0 Å². The fraction of sp³-hybridized carbons (Fsp3) is 0.118. The van der Waals surface area contributed by atoms with Gasteiger partial charge in [0.05, 0.1) is 12.2 Å².